The van der Waals surface area contributed by atoms with Crippen LogP contribution in [0.1, 0.15) is 38.1 Å². The summed E-state index contributed by atoms with van der Waals surface area (Å²) in [6.07, 6.45) is 0.618. The molecular weight excluding hydrogens is 300 g/mol. The highest BCUT2D eigenvalue weighted by Crippen LogP contribution is 2.33. The van der Waals surface area contributed by atoms with Gasteiger partial charge in [-0.1, -0.05) is 0 Å². The number of hydrogen-bond donors (Lipinski definition) is 2. The van der Waals surface area contributed by atoms with E-state index in [0.717, 1.165) is 13.0 Å². The van der Waals surface area contributed by atoms with Crippen molar-refractivity contribution in [2.45, 2.75) is 45.3 Å². The van der Waals surface area contributed by atoms with Crippen molar-refractivity contribution in [3.05, 3.63) is 21.9 Å². The van der Waals surface area contributed by atoms with Gasteiger partial charge in [-0.25, -0.2) is 4.79 Å². The van der Waals surface area contributed by atoms with Gasteiger partial charge in [0.2, 0.25) is 0 Å². The summed E-state index contributed by atoms with van der Waals surface area (Å²) in [4.78, 5) is 13.2. The molecular formula is C16H26N2O3S. The molecule has 0 spiro atoms. The highest BCUT2D eigenvalue weighted by Gasteiger charge is 2.38. The van der Waals surface area contributed by atoms with Gasteiger partial charge < -0.3 is 20.1 Å². The second kappa shape index (κ2) is 6.98. The van der Waals surface area contributed by atoms with Crippen LogP contribution in [0.4, 0.5) is 4.79 Å². The third-order valence-corrected chi connectivity index (χ3v) is 4.69. The smallest absolute Gasteiger partial charge is 0.407 e. The average Bonchev–Trinajstić information content (AvgIpc) is 2.91. The van der Waals surface area contributed by atoms with E-state index in [1.54, 1.807) is 11.3 Å². The second-order valence-electron chi connectivity index (χ2n) is 6.53. The minimum Gasteiger partial charge on any atom is -0.444 e. The summed E-state index contributed by atoms with van der Waals surface area (Å²) >= 11 is 1.71. The lowest BCUT2D eigenvalue weighted by Gasteiger charge is -2.38. The van der Waals surface area contributed by atoms with Crippen LogP contribution in [0.15, 0.2) is 11.4 Å². The molecule has 0 radical (unpaired) electrons. The first-order valence-electron chi connectivity index (χ1n) is 7.73. The van der Waals surface area contributed by atoms with E-state index in [1.165, 1.54) is 10.4 Å². The van der Waals surface area contributed by atoms with Crippen molar-refractivity contribution in [1.29, 1.82) is 0 Å². The van der Waals surface area contributed by atoms with Crippen LogP contribution in [0, 0.1) is 0 Å². The van der Waals surface area contributed by atoms with Gasteiger partial charge in [0.1, 0.15) is 5.60 Å². The number of hydrogen-bond acceptors (Lipinski definition) is 5. The lowest BCUT2D eigenvalue weighted by molar-refractivity contribution is 0.0437. The Hall–Kier alpha value is -1.11. The van der Waals surface area contributed by atoms with Crippen LogP contribution >= 0.6 is 11.3 Å². The molecule has 0 fully saturated rings. The molecule has 1 amide bonds. The average molecular weight is 326 g/mol. The molecule has 2 rings (SSSR count). The van der Waals surface area contributed by atoms with Crippen LogP contribution in [0.25, 0.3) is 0 Å². The van der Waals surface area contributed by atoms with Gasteiger partial charge in [-0.2, -0.15) is 0 Å². The number of nitrogens with one attached hydrogen (secondary N) is 2. The Morgan fingerprint density at radius 2 is 2.27 bits per heavy atom. The molecule has 1 aromatic rings. The lowest BCUT2D eigenvalue weighted by atomic mass is 9.90. The highest BCUT2D eigenvalue weighted by molar-refractivity contribution is 7.10. The molecule has 1 unspecified atom stereocenters. The van der Waals surface area contributed by atoms with E-state index in [4.69, 9.17) is 9.47 Å². The summed E-state index contributed by atoms with van der Waals surface area (Å²) in [5.74, 6) is 0. The SMILES string of the molecule is CCOCC1(CNC(=O)OC(C)(C)C)NCCc2ccsc21. The van der Waals surface area contributed by atoms with Crippen LogP contribution in [-0.2, 0) is 21.4 Å². The largest absolute Gasteiger partial charge is 0.444 e. The topological polar surface area (TPSA) is 59.6 Å². The number of amides is 1. The van der Waals surface area contributed by atoms with Gasteiger partial charge in [0, 0.05) is 24.6 Å². The van der Waals surface area contributed by atoms with E-state index >= 15 is 0 Å². The summed E-state index contributed by atoms with van der Waals surface area (Å²) in [7, 11) is 0. The van der Waals surface area contributed by atoms with Crippen LogP contribution in [0.3, 0.4) is 0 Å². The first-order valence-corrected chi connectivity index (χ1v) is 8.61. The van der Waals surface area contributed by atoms with Crippen molar-refractivity contribution >= 4 is 17.4 Å². The second-order valence-corrected chi connectivity index (χ2v) is 7.44. The van der Waals surface area contributed by atoms with Gasteiger partial charge in [-0.3, -0.25) is 0 Å². The third-order valence-electron chi connectivity index (χ3n) is 3.53. The van der Waals surface area contributed by atoms with Crippen LogP contribution in [-0.4, -0.2) is 38.0 Å². The van der Waals surface area contributed by atoms with Crippen molar-refractivity contribution < 1.29 is 14.3 Å². The van der Waals surface area contributed by atoms with Gasteiger partial charge in [0.15, 0.2) is 0 Å². The zero-order valence-electron chi connectivity index (χ0n) is 13.8. The van der Waals surface area contributed by atoms with E-state index in [-0.39, 0.29) is 5.54 Å². The molecule has 1 atom stereocenters. The minimum absolute atomic E-state index is 0.366. The Balaban J connectivity index is 2.10. The normalized spacial score (nSPS) is 21.3. The Labute approximate surface area is 136 Å². The zero-order chi connectivity index (χ0) is 16.2. The Kier molecular flexibility index (Phi) is 5.47. The minimum atomic E-state index is -0.495. The predicted molar refractivity (Wildman–Crippen MR) is 88.4 cm³/mol. The van der Waals surface area contributed by atoms with E-state index in [2.05, 4.69) is 22.1 Å². The number of thiophene rings is 1. The summed E-state index contributed by atoms with van der Waals surface area (Å²) in [6.45, 7) is 10.1. The number of fused-ring (bicyclic) bond motifs is 1. The standard InChI is InChI=1S/C16H26N2O3S/c1-5-20-11-16(10-17-14(19)21-15(2,3)4)13-12(6-8-18-16)7-9-22-13/h7,9,18H,5-6,8,10-11H2,1-4H3,(H,17,19). The van der Waals surface area contributed by atoms with Crippen molar-refractivity contribution in [3.63, 3.8) is 0 Å². The number of ether oxygens (including phenoxy) is 2. The van der Waals surface area contributed by atoms with E-state index in [1.807, 2.05) is 27.7 Å². The Bertz CT molecular complexity index is 510. The third kappa shape index (κ3) is 4.21. The quantitative estimate of drug-likeness (QED) is 0.873. The maximum Gasteiger partial charge on any atom is 0.407 e. The number of rotatable bonds is 5. The first-order chi connectivity index (χ1) is 10.4. The van der Waals surface area contributed by atoms with E-state index in [0.29, 0.717) is 19.8 Å². The van der Waals surface area contributed by atoms with Crippen LogP contribution < -0.4 is 10.6 Å². The monoisotopic (exact) mass is 326 g/mol. The number of carbonyl (C=O) groups is 1. The first kappa shape index (κ1) is 17.2. The summed E-state index contributed by atoms with van der Waals surface area (Å²) in [6, 6.07) is 2.16. The fraction of sp³-hybridized carbons (Fsp3) is 0.688. The molecule has 124 valence electrons. The molecule has 5 nitrogen and oxygen atoms in total. The molecule has 0 aromatic carbocycles. The molecule has 22 heavy (non-hydrogen) atoms. The van der Waals surface area contributed by atoms with Gasteiger partial charge >= 0.3 is 6.09 Å². The van der Waals surface area contributed by atoms with Crippen LogP contribution in [0.5, 0.6) is 0 Å². The molecule has 2 N–H and O–H groups in total. The molecule has 1 aromatic heterocycles. The van der Waals surface area contributed by atoms with Crippen molar-refractivity contribution in [2.75, 3.05) is 26.3 Å². The predicted octanol–water partition coefficient (Wildman–Crippen LogP) is 2.65. The van der Waals surface area contributed by atoms with E-state index < -0.39 is 11.7 Å². The van der Waals surface area contributed by atoms with Crippen LogP contribution in [0.2, 0.25) is 0 Å². The maximum atomic E-state index is 12.0. The molecule has 0 bridgehead atoms. The van der Waals surface area contributed by atoms with Gasteiger partial charge in [0.25, 0.3) is 0 Å². The van der Waals surface area contributed by atoms with Gasteiger partial charge in [-0.15, -0.1) is 11.3 Å². The summed E-state index contributed by atoms with van der Waals surface area (Å²) in [5.41, 5.74) is 0.481. The van der Waals surface area contributed by atoms with Crippen molar-refractivity contribution in [2.24, 2.45) is 0 Å². The van der Waals surface area contributed by atoms with Crippen molar-refractivity contribution in [1.82, 2.24) is 10.6 Å². The van der Waals surface area contributed by atoms with Crippen molar-refractivity contribution in [3.8, 4) is 0 Å². The highest BCUT2D eigenvalue weighted by atomic mass is 32.1. The molecule has 6 heteroatoms. The molecule has 0 saturated heterocycles. The number of carbonyl (C=O) groups excluding carboxylic acids is 1. The van der Waals surface area contributed by atoms with Gasteiger partial charge in [0.05, 0.1) is 12.1 Å². The molecule has 0 saturated carbocycles. The summed E-state index contributed by atoms with van der Waals surface area (Å²) < 4.78 is 11.0. The fourth-order valence-electron chi connectivity index (χ4n) is 2.59. The fourth-order valence-corrected chi connectivity index (χ4v) is 3.71. The molecule has 1 aliphatic heterocycles. The Morgan fingerprint density at radius 3 is 2.95 bits per heavy atom. The zero-order valence-corrected chi connectivity index (χ0v) is 14.6. The Morgan fingerprint density at radius 1 is 1.50 bits per heavy atom. The molecule has 1 aliphatic rings. The number of alkyl carbamates (subject to hydrolysis) is 1. The van der Waals surface area contributed by atoms with Gasteiger partial charge in [-0.05, 0) is 51.1 Å². The maximum absolute atomic E-state index is 12.0. The lowest BCUT2D eigenvalue weighted by Crippen LogP contribution is -2.56. The molecule has 0 aliphatic carbocycles. The summed E-state index contributed by atoms with van der Waals surface area (Å²) in [5, 5.41) is 8.54. The van der Waals surface area contributed by atoms with E-state index in [9.17, 15) is 4.79 Å². The molecule has 2 heterocycles.